The fourth-order valence-electron chi connectivity index (χ4n) is 1.86. The van der Waals surface area contributed by atoms with E-state index < -0.39 is 0 Å². The van der Waals surface area contributed by atoms with Gasteiger partial charge in [0, 0.05) is 23.1 Å². The van der Waals surface area contributed by atoms with Crippen LogP contribution in [0.25, 0.3) is 0 Å². The van der Waals surface area contributed by atoms with Gasteiger partial charge in [-0.1, -0.05) is 53.0 Å². The van der Waals surface area contributed by atoms with Gasteiger partial charge < -0.3 is 5.32 Å². The smallest absolute Gasteiger partial charge is 0.254 e. The van der Waals surface area contributed by atoms with Crippen molar-refractivity contribution in [1.29, 1.82) is 0 Å². The summed E-state index contributed by atoms with van der Waals surface area (Å²) in [6, 6.07) is 12.8. The van der Waals surface area contributed by atoms with Gasteiger partial charge in [-0.25, -0.2) is 0 Å². The molecule has 0 bridgehead atoms. The van der Waals surface area contributed by atoms with Crippen molar-refractivity contribution < 1.29 is 4.79 Å². The normalized spacial score (nSPS) is 10.5. The van der Waals surface area contributed by atoms with E-state index in [0.29, 0.717) is 22.2 Å². The van der Waals surface area contributed by atoms with Crippen LogP contribution >= 0.6 is 46.6 Å². The molecule has 0 unspecified atom stereocenters. The minimum absolute atomic E-state index is 0.251. The number of thioether (sulfide) groups is 1. The molecule has 2 nitrogen and oxygen atoms in total. The van der Waals surface area contributed by atoms with Crippen molar-refractivity contribution in [2.24, 2.45) is 0 Å². The molecule has 0 heterocycles. The van der Waals surface area contributed by atoms with Crippen LogP contribution in [0.15, 0.2) is 42.5 Å². The van der Waals surface area contributed by atoms with Crippen LogP contribution in [0.3, 0.4) is 0 Å². The Labute approximate surface area is 149 Å². The van der Waals surface area contributed by atoms with Gasteiger partial charge in [0.2, 0.25) is 0 Å². The molecule has 0 fully saturated rings. The zero-order valence-corrected chi connectivity index (χ0v) is 14.7. The summed E-state index contributed by atoms with van der Waals surface area (Å²) < 4.78 is 0. The highest BCUT2D eigenvalue weighted by Crippen LogP contribution is 2.24. The first-order chi connectivity index (χ1) is 10.6. The van der Waals surface area contributed by atoms with E-state index in [1.54, 1.807) is 30.0 Å². The first-order valence-corrected chi connectivity index (χ1v) is 8.91. The highest BCUT2D eigenvalue weighted by atomic mass is 35.5. The van der Waals surface area contributed by atoms with Crippen LogP contribution in [0.1, 0.15) is 15.9 Å². The Morgan fingerprint density at radius 1 is 1.05 bits per heavy atom. The second kappa shape index (κ2) is 8.68. The van der Waals surface area contributed by atoms with Crippen LogP contribution in [0.4, 0.5) is 0 Å². The van der Waals surface area contributed by atoms with Crippen LogP contribution in [0.2, 0.25) is 15.1 Å². The zero-order valence-electron chi connectivity index (χ0n) is 11.6. The molecule has 0 spiro atoms. The van der Waals surface area contributed by atoms with Gasteiger partial charge in [-0.05, 0) is 29.8 Å². The Morgan fingerprint density at radius 3 is 2.41 bits per heavy atom. The molecule has 0 radical (unpaired) electrons. The van der Waals surface area contributed by atoms with Crippen molar-refractivity contribution in [3.8, 4) is 0 Å². The summed E-state index contributed by atoms with van der Waals surface area (Å²) in [7, 11) is 0. The van der Waals surface area contributed by atoms with Gasteiger partial charge in [-0.3, -0.25) is 4.79 Å². The number of rotatable bonds is 6. The van der Waals surface area contributed by atoms with Gasteiger partial charge in [0.05, 0.1) is 15.6 Å². The molecule has 116 valence electrons. The molecule has 0 aliphatic heterocycles. The van der Waals surface area contributed by atoms with Gasteiger partial charge in [-0.15, -0.1) is 0 Å². The number of nitrogens with one attached hydrogen (secondary N) is 1. The number of benzene rings is 2. The van der Waals surface area contributed by atoms with Gasteiger partial charge in [0.15, 0.2) is 0 Å². The van der Waals surface area contributed by atoms with Crippen LogP contribution < -0.4 is 5.32 Å². The van der Waals surface area contributed by atoms with E-state index in [2.05, 4.69) is 5.32 Å². The van der Waals surface area contributed by atoms with E-state index in [0.717, 1.165) is 22.1 Å². The maximum absolute atomic E-state index is 12.1. The molecule has 2 aromatic carbocycles. The fraction of sp³-hybridized carbons (Fsp3) is 0.188. The van der Waals surface area contributed by atoms with Crippen molar-refractivity contribution in [2.75, 3.05) is 12.3 Å². The third-order valence-electron chi connectivity index (χ3n) is 2.88. The molecule has 0 atom stereocenters. The first-order valence-electron chi connectivity index (χ1n) is 6.62. The molecule has 0 saturated carbocycles. The lowest BCUT2D eigenvalue weighted by Gasteiger charge is -2.08. The Morgan fingerprint density at radius 2 is 1.73 bits per heavy atom. The Bertz CT molecular complexity index is 643. The SMILES string of the molecule is O=C(NCCSCc1cccc(Cl)c1)c1c(Cl)cccc1Cl. The summed E-state index contributed by atoms with van der Waals surface area (Å²) in [4.78, 5) is 12.1. The summed E-state index contributed by atoms with van der Waals surface area (Å²) in [6.07, 6.45) is 0. The van der Waals surface area contributed by atoms with E-state index in [-0.39, 0.29) is 5.91 Å². The molecule has 2 aromatic rings. The second-order valence-corrected chi connectivity index (χ2v) is 6.89. The molecular formula is C16H14Cl3NOS. The molecule has 0 saturated heterocycles. The largest absolute Gasteiger partial charge is 0.351 e. The average molecular weight is 375 g/mol. The lowest BCUT2D eigenvalue weighted by molar-refractivity contribution is 0.0956. The zero-order chi connectivity index (χ0) is 15.9. The maximum Gasteiger partial charge on any atom is 0.254 e. The molecule has 1 N–H and O–H groups in total. The van der Waals surface area contributed by atoms with E-state index in [1.165, 1.54) is 0 Å². The standard InChI is InChI=1S/C16H14Cl3NOS/c17-12-4-1-3-11(9-12)10-22-8-7-20-16(21)15-13(18)5-2-6-14(15)19/h1-6,9H,7-8,10H2,(H,20,21). The van der Waals surface area contributed by atoms with Crippen molar-refractivity contribution in [1.82, 2.24) is 5.32 Å². The topological polar surface area (TPSA) is 29.1 Å². The maximum atomic E-state index is 12.1. The Balaban J connectivity index is 1.76. The van der Waals surface area contributed by atoms with Gasteiger partial charge in [-0.2, -0.15) is 11.8 Å². The van der Waals surface area contributed by atoms with Crippen LogP contribution in [-0.2, 0) is 5.75 Å². The van der Waals surface area contributed by atoms with Crippen LogP contribution in [0, 0.1) is 0 Å². The van der Waals surface area contributed by atoms with Gasteiger partial charge >= 0.3 is 0 Å². The molecule has 1 amide bonds. The molecule has 22 heavy (non-hydrogen) atoms. The third-order valence-corrected chi connectivity index (χ3v) is 4.77. The summed E-state index contributed by atoms with van der Waals surface area (Å²) >= 11 is 19.6. The minimum Gasteiger partial charge on any atom is -0.351 e. The van der Waals surface area contributed by atoms with E-state index in [1.807, 2.05) is 24.3 Å². The number of hydrogen-bond donors (Lipinski definition) is 1. The predicted molar refractivity (Wildman–Crippen MR) is 96.4 cm³/mol. The molecule has 6 heteroatoms. The molecule has 0 aliphatic rings. The molecule has 0 aliphatic carbocycles. The van der Waals surface area contributed by atoms with Crippen LogP contribution in [0.5, 0.6) is 0 Å². The summed E-state index contributed by atoms with van der Waals surface area (Å²) in [5.74, 6) is 1.39. The molecule has 0 aromatic heterocycles. The lowest BCUT2D eigenvalue weighted by Crippen LogP contribution is -2.26. The van der Waals surface area contributed by atoms with E-state index in [9.17, 15) is 4.79 Å². The minimum atomic E-state index is -0.251. The highest BCUT2D eigenvalue weighted by molar-refractivity contribution is 7.98. The number of amides is 1. The Hall–Kier alpha value is -0.870. The monoisotopic (exact) mass is 373 g/mol. The fourth-order valence-corrected chi connectivity index (χ4v) is 3.44. The summed E-state index contributed by atoms with van der Waals surface area (Å²) in [5.41, 5.74) is 1.49. The van der Waals surface area contributed by atoms with Crippen molar-refractivity contribution >= 4 is 52.5 Å². The third kappa shape index (κ3) is 5.10. The average Bonchev–Trinajstić information content (AvgIpc) is 2.47. The van der Waals surface area contributed by atoms with Crippen LogP contribution in [-0.4, -0.2) is 18.2 Å². The number of carbonyl (C=O) groups is 1. The molecular weight excluding hydrogens is 361 g/mol. The van der Waals surface area contributed by atoms with Crippen molar-refractivity contribution in [3.63, 3.8) is 0 Å². The summed E-state index contributed by atoms with van der Waals surface area (Å²) in [5, 5.41) is 4.28. The summed E-state index contributed by atoms with van der Waals surface area (Å²) in [6.45, 7) is 0.547. The number of carbonyl (C=O) groups excluding carboxylic acids is 1. The van der Waals surface area contributed by atoms with Crippen molar-refractivity contribution in [2.45, 2.75) is 5.75 Å². The Kier molecular flexibility index (Phi) is 6.90. The lowest BCUT2D eigenvalue weighted by atomic mass is 10.2. The second-order valence-electron chi connectivity index (χ2n) is 4.54. The number of halogens is 3. The highest BCUT2D eigenvalue weighted by Gasteiger charge is 2.13. The number of hydrogen-bond acceptors (Lipinski definition) is 2. The van der Waals surface area contributed by atoms with E-state index >= 15 is 0 Å². The van der Waals surface area contributed by atoms with E-state index in [4.69, 9.17) is 34.8 Å². The predicted octanol–water partition coefficient (Wildman–Crippen LogP) is 5.31. The van der Waals surface area contributed by atoms with Gasteiger partial charge in [0.25, 0.3) is 5.91 Å². The van der Waals surface area contributed by atoms with Crippen molar-refractivity contribution in [3.05, 3.63) is 68.7 Å². The van der Waals surface area contributed by atoms with Gasteiger partial charge in [0.1, 0.15) is 0 Å². The molecule has 2 rings (SSSR count). The quantitative estimate of drug-likeness (QED) is 0.694. The first kappa shape index (κ1) is 17.5.